The van der Waals surface area contributed by atoms with Crippen LogP contribution in [0.4, 0.5) is 11.5 Å². The summed E-state index contributed by atoms with van der Waals surface area (Å²) in [5, 5.41) is 0.482. The number of nitrogens with two attached hydrogens (primary N) is 1. The Balaban J connectivity index is 2.36. The number of anilines is 2. The van der Waals surface area contributed by atoms with Crippen LogP contribution in [0.5, 0.6) is 0 Å². The number of carbonyl (C=O) groups is 1. The Labute approximate surface area is 185 Å². The molecule has 2 aromatic rings. The molecule has 2 heterocycles. The largest absolute Gasteiger partial charge is 0.383 e. The number of nitrogen functional groups attached to an aromatic ring is 1. The van der Waals surface area contributed by atoms with Gasteiger partial charge < -0.3 is 15.4 Å². The number of hydrogen-bond donors (Lipinski definition) is 2. The van der Waals surface area contributed by atoms with Gasteiger partial charge in [0.15, 0.2) is 10.8 Å². The summed E-state index contributed by atoms with van der Waals surface area (Å²) in [7, 11) is 1.50. The zero-order valence-corrected chi connectivity index (χ0v) is 19.5. The van der Waals surface area contributed by atoms with Gasteiger partial charge in [-0.05, 0) is 32.8 Å². The van der Waals surface area contributed by atoms with E-state index in [2.05, 4.69) is 15.0 Å². The minimum Gasteiger partial charge on any atom is -0.383 e. The van der Waals surface area contributed by atoms with E-state index in [-0.39, 0.29) is 36.3 Å². The van der Waals surface area contributed by atoms with Crippen LogP contribution in [0.2, 0.25) is 0 Å². The maximum absolute atomic E-state index is 13.1. The monoisotopic (exact) mass is 450 g/mol. The minimum absolute atomic E-state index is 0.00137. The lowest BCUT2D eigenvalue weighted by molar-refractivity contribution is -0.116. The number of methoxy groups -OCH3 is 1. The summed E-state index contributed by atoms with van der Waals surface area (Å²) in [6.45, 7) is 8.36. The molecule has 0 saturated heterocycles. The van der Waals surface area contributed by atoms with Crippen molar-refractivity contribution < 1.29 is 9.53 Å². The maximum Gasteiger partial charge on any atom is 0.330 e. The number of H-pyrrole nitrogens is 1. The number of unbranched alkanes of at least 4 members (excludes halogenated alkanes) is 1. The zero-order chi connectivity index (χ0) is 23.1. The number of amides is 1. The second kappa shape index (κ2) is 11.1. The van der Waals surface area contributed by atoms with Crippen molar-refractivity contribution in [2.75, 3.05) is 36.6 Å². The second-order valence-electron chi connectivity index (χ2n) is 7.13. The lowest BCUT2D eigenvalue weighted by Crippen LogP contribution is -2.43. The van der Waals surface area contributed by atoms with Crippen LogP contribution >= 0.6 is 11.8 Å². The molecule has 0 unspecified atom stereocenters. The molecular weight excluding hydrogens is 420 g/mol. The molecule has 0 aliphatic rings. The van der Waals surface area contributed by atoms with Crippen LogP contribution in [0.15, 0.2) is 14.7 Å². The molecular formula is C20H30N6O4S. The molecule has 1 amide bonds. The highest BCUT2D eigenvalue weighted by Crippen LogP contribution is 2.21. The summed E-state index contributed by atoms with van der Waals surface area (Å²) in [6, 6.07) is 0. The molecule has 3 N–H and O–H groups in total. The second-order valence-corrected chi connectivity index (χ2v) is 8.07. The number of nitrogens with zero attached hydrogens (tertiary/aromatic N) is 4. The molecule has 0 radical (unpaired) electrons. The Morgan fingerprint density at radius 3 is 2.45 bits per heavy atom. The molecule has 2 aromatic heterocycles. The van der Waals surface area contributed by atoms with Crippen molar-refractivity contribution in [1.29, 1.82) is 0 Å². The molecule has 0 atom stereocenters. The SMILES string of the molecule is CCCCn1c(N)c(N(CCOC)C(=O)CSc2nc(C)c(C)c(C)n2)c(=O)[nH]c1=O. The van der Waals surface area contributed by atoms with Crippen molar-refractivity contribution in [1.82, 2.24) is 19.5 Å². The number of aromatic amines is 1. The van der Waals surface area contributed by atoms with E-state index in [1.807, 2.05) is 27.7 Å². The van der Waals surface area contributed by atoms with Gasteiger partial charge in [-0.15, -0.1) is 0 Å². The van der Waals surface area contributed by atoms with Gasteiger partial charge in [-0.3, -0.25) is 19.1 Å². The van der Waals surface area contributed by atoms with E-state index in [1.165, 1.54) is 28.3 Å². The van der Waals surface area contributed by atoms with Crippen LogP contribution in [-0.4, -0.2) is 51.4 Å². The van der Waals surface area contributed by atoms with Crippen LogP contribution in [0, 0.1) is 20.8 Å². The Hall–Kier alpha value is -2.66. The highest BCUT2D eigenvalue weighted by atomic mass is 32.2. The number of hydrogen-bond acceptors (Lipinski definition) is 8. The van der Waals surface area contributed by atoms with E-state index in [0.717, 1.165) is 23.4 Å². The Bertz CT molecular complexity index is 1030. The Morgan fingerprint density at radius 2 is 1.87 bits per heavy atom. The molecule has 0 bridgehead atoms. The van der Waals surface area contributed by atoms with Crippen molar-refractivity contribution in [2.24, 2.45) is 0 Å². The summed E-state index contributed by atoms with van der Waals surface area (Å²) in [5.41, 5.74) is 7.54. The molecule has 170 valence electrons. The van der Waals surface area contributed by atoms with Crippen molar-refractivity contribution >= 4 is 29.2 Å². The zero-order valence-electron chi connectivity index (χ0n) is 18.7. The molecule has 11 heteroatoms. The number of thioether (sulfide) groups is 1. The van der Waals surface area contributed by atoms with Gasteiger partial charge in [0.05, 0.1) is 12.4 Å². The van der Waals surface area contributed by atoms with E-state index >= 15 is 0 Å². The fraction of sp³-hybridized carbons (Fsp3) is 0.550. The summed E-state index contributed by atoms with van der Waals surface area (Å²) in [5.74, 6) is -0.395. The van der Waals surface area contributed by atoms with Crippen molar-refractivity contribution in [2.45, 2.75) is 52.2 Å². The highest BCUT2D eigenvalue weighted by Gasteiger charge is 2.24. The van der Waals surface area contributed by atoms with Crippen LogP contribution in [0.3, 0.4) is 0 Å². The summed E-state index contributed by atoms with van der Waals surface area (Å²) >= 11 is 1.18. The van der Waals surface area contributed by atoms with Crippen LogP contribution < -0.4 is 21.9 Å². The number of carbonyl (C=O) groups excluding carboxylic acids is 1. The van der Waals surface area contributed by atoms with Crippen molar-refractivity contribution in [3.63, 3.8) is 0 Å². The normalized spacial score (nSPS) is 11.0. The van der Waals surface area contributed by atoms with Gasteiger partial charge in [0.25, 0.3) is 5.56 Å². The third-order valence-electron chi connectivity index (χ3n) is 4.98. The van der Waals surface area contributed by atoms with Gasteiger partial charge in [-0.2, -0.15) is 0 Å². The van der Waals surface area contributed by atoms with Crippen molar-refractivity contribution in [3.8, 4) is 0 Å². The topological polar surface area (TPSA) is 136 Å². The fourth-order valence-electron chi connectivity index (χ4n) is 2.93. The average Bonchev–Trinajstić information content (AvgIpc) is 2.72. The predicted octanol–water partition coefficient (Wildman–Crippen LogP) is 1.41. The summed E-state index contributed by atoms with van der Waals surface area (Å²) < 4.78 is 6.39. The first kappa shape index (κ1) is 24.6. The van der Waals surface area contributed by atoms with Gasteiger partial charge in [-0.1, -0.05) is 25.1 Å². The van der Waals surface area contributed by atoms with E-state index in [4.69, 9.17) is 10.5 Å². The fourth-order valence-corrected chi connectivity index (χ4v) is 3.74. The average molecular weight is 451 g/mol. The molecule has 10 nitrogen and oxygen atoms in total. The summed E-state index contributed by atoms with van der Waals surface area (Å²) in [4.78, 5) is 50.2. The first-order chi connectivity index (χ1) is 14.7. The smallest absolute Gasteiger partial charge is 0.330 e. The molecule has 0 aromatic carbocycles. The Morgan fingerprint density at radius 1 is 1.23 bits per heavy atom. The van der Waals surface area contributed by atoms with E-state index in [0.29, 0.717) is 18.1 Å². The minimum atomic E-state index is -0.706. The third-order valence-corrected chi connectivity index (χ3v) is 5.81. The van der Waals surface area contributed by atoms with Gasteiger partial charge in [0, 0.05) is 31.6 Å². The quantitative estimate of drug-likeness (QED) is 0.409. The number of aryl methyl sites for hydroxylation is 2. The van der Waals surface area contributed by atoms with Crippen molar-refractivity contribution in [3.05, 3.63) is 37.8 Å². The highest BCUT2D eigenvalue weighted by molar-refractivity contribution is 7.99. The van der Waals surface area contributed by atoms with Crippen LogP contribution in [0.25, 0.3) is 0 Å². The molecule has 0 aliphatic carbocycles. The molecule has 0 aliphatic heterocycles. The molecule has 0 spiro atoms. The van der Waals surface area contributed by atoms with E-state index in [9.17, 15) is 14.4 Å². The predicted molar refractivity (Wildman–Crippen MR) is 122 cm³/mol. The lowest BCUT2D eigenvalue weighted by Gasteiger charge is -2.24. The van der Waals surface area contributed by atoms with Crippen LogP contribution in [-0.2, 0) is 16.1 Å². The van der Waals surface area contributed by atoms with Gasteiger partial charge >= 0.3 is 5.69 Å². The van der Waals surface area contributed by atoms with Gasteiger partial charge in [0.2, 0.25) is 5.91 Å². The molecule has 0 saturated carbocycles. The lowest BCUT2D eigenvalue weighted by atomic mass is 10.2. The third kappa shape index (κ3) is 5.95. The van der Waals surface area contributed by atoms with Gasteiger partial charge in [-0.25, -0.2) is 14.8 Å². The van der Waals surface area contributed by atoms with Gasteiger partial charge in [0.1, 0.15) is 5.82 Å². The standard InChI is InChI=1S/C20H30N6O4S/c1-6-7-8-26-17(21)16(18(28)24-20(26)29)25(9-10-30-5)15(27)11-31-19-22-13(3)12(2)14(4)23-19/h6-11,21H2,1-5H3,(H,24,28,29). The van der Waals surface area contributed by atoms with E-state index < -0.39 is 11.2 Å². The molecule has 31 heavy (non-hydrogen) atoms. The maximum atomic E-state index is 13.1. The van der Waals surface area contributed by atoms with Crippen LogP contribution in [0.1, 0.15) is 36.7 Å². The van der Waals surface area contributed by atoms with E-state index in [1.54, 1.807) is 0 Å². The molecule has 0 fully saturated rings. The Kier molecular flexibility index (Phi) is 8.81. The number of rotatable bonds is 10. The molecule has 2 rings (SSSR count). The number of aromatic nitrogens is 4. The first-order valence-electron chi connectivity index (χ1n) is 10.1. The number of nitrogens with one attached hydrogen (secondary N) is 1. The summed E-state index contributed by atoms with van der Waals surface area (Å²) in [6.07, 6.45) is 1.56. The number of ether oxygens (including phenoxy) is 1. The first-order valence-corrected chi connectivity index (χ1v) is 11.1.